The number of non-ortho nitro benzene ring substituents is 1. The molecule has 1 heterocycles. The minimum absolute atomic E-state index is 0.119. The van der Waals surface area contributed by atoms with E-state index in [9.17, 15) is 14.9 Å². The summed E-state index contributed by atoms with van der Waals surface area (Å²) in [5.74, 6) is 0.0758. The number of aryl methyl sites for hydroxylation is 1. The third-order valence-corrected chi connectivity index (χ3v) is 3.40. The summed E-state index contributed by atoms with van der Waals surface area (Å²) in [5, 5.41) is 17.4. The molecule has 0 aliphatic rings. The van der Waals surface area contributed by atoms with E-state index in [0.717, 1.165) is 0 Å². The van der Waals surface area contributed by atoms with Crippen molar-refractivity contribution in [3.8, 4) is 0 Å². The number of aromatic nitrogens is 3. The van der Waals surface area contributed by atoms with E-state index >= 15 is 0 Å². The lowest BCUT2D eigenvalue weighted by Crippen LogP contribution is -2.24. The Hall–Kier alpha value is -2.04. The average molecular weight is 387 g/mol. The number of nitro benzene ring substituents is 1. The van der Waals surface area contributed by atoms with Gasteiger partial charge in [-0.3, -0.25) is 19.6 Å². The highest BCUT2D eigenvalue weighted by Crippen LogP contribution is 2.19. The molecule has 0 aliphatic carbocycles. The first-order valence-electron chi connectivity index (χ1n) is 5.54. The molecule has 1 aromatic heterocycles. The zero-order valence-corrected chi connectivity index (χ0v) is 12.6. The topological polar surface area (TPSA) is 103 Å². The van der Waals surface area contributed by atoms with E-state index < -0.39 is 10.8 Å². The highest BCUT2D eigenvalue weighted by atomic mass is 127. The number of nitrogens with zero attached hydrogens (tertiary/aromatic N) is 4. The third kappa shape index (κ3) is 3.29. The Bertz CT molecular complexity index is 670. The van der Waals surface area contributed by atoms with Gasteiger partial charge in [-0.25, -0.2) is 4.98 Å². The number of carbonyl (C=O) groups is 1. The molecule has 0 radical (unpaired) electrons. The van der Waals surface area contributed by atoms with Crippen molar-refractivity contribution in [2.75, 3.05) is 0 Å². The van der Waals surface area contributed by atoms with Gasteiger partial charge in [-0.15, -0.1) is 0 Å². The van der Waals surface area contributed by atoms with Gasteiger partial charge in [0.1, 0.15) is 6.33 Å². The molecule has 0 saturated carbocycles. The van der Waals surface area contributed by atoms with Crippen LogP contribution in [0.3, 0.4) is 0 Å². The van der Waals surface area contributed by atoms with E-state index in [-0.39, 0.29) is 17.8 Å². The summed E-state index contributed by atoms with van der Waals surface area (Å²) in [6.45, 7) is 0.165. The van der Waals surface area contributed by atoms with Crippen LogP contribution in [0.25, 0.3) is 0 Å². The molecule has 0 fully saturated rings. The number of hydrogen-bond donors (Lipinski definition) is 1. The lowest BCUT2D eigenvalue weighted by atomic mass is 10.2. The van der Waals surface area contributed by atoms with Crippen LogP contribution in [0.5, 0.6) is 0 Å². The van der Waals surface area contributed by atoms with Crippen LogP contribution in [0.4, 0.5) is 5.69 Å². The molecule has 104 valence electrons. The Kier molecular flexibility index (Phi) is 4.27. The summed E-state index contributed by atoms with van der Waals surface area (Å²) in [4.78, 5) is 26.2. The van der Waals surface area contributed by atoms with Crippen molar-refractivity contribution in [3.05, 3.63) is 49.6 Å². The molecule has 0 saturated heterocycles. The van der Waals surface area contributed by atoms with Crippen LogP contribution in [0.2, 0.25) is 0 Å². The fraction of sp³-hybridized carbons (Fsp3) is 0.182. The molecule has 8 nitrogen and oxygen atoms in total. The van der Waals surface area contributed by atoms with Crippen molar-refractivity contribution in [1.29, 1.82) is 0 Å². The van der Waals surface area contributed by atoms with Gasteiger partial charge in [0.15, 0.2) is 5.82 Å². The molecule has 1 aromatic carbocycles. The Morgan fingerprint density at radius 1 is 1.55 bits per heavy atom. The monoisotopic (exact) mass is 387 g/mol. The second-order valence-corrected chi connectivity index (χ2v) is 5.10. The molecule has 0 spiro atoms. The quantitative estimate of drug-likeness (QED) is 0.484. The van der Waals surface area contributed by atoms with Crippen molar-refractivity contribution in [2.24, 2.45) is 7.05 Å². The molecule has 0 unspecified atom stereocenters. The average Bonchev–Trinajstić information content (AvgIpc) is 2.82. The van der Waals surface area contributed by atoms with E-state index in [2.05, 4.69) is 15.4 Å². The van der Waals surface area contributed by atoms with E-state index in [4.69, 9.17) is 0 Å². The number of hydrogen-bond acceptors (Lipinski definition) is 5. The zero-order chi connectivity index (χ0) is 14.7. The molecule has 2 aromatic rings. The molecule has 20 heavy (non-hydrogen) atoms. The van der Waals surface area contributed by atoms with Gasteiger partial charge in [0.05, 0.1) is 17.0 Å². The first-order valence-corrected chi connectivity index (χ1v) is 6.62. The summed E-state index contributed by atoms with van der Waals surface area (Å²) in [6.07, 6.45) is 1.53. The van der Waals surface area contributed by atoms with E-state index in [1.165, 1.54) is 29.2 Å². The Balaban J connectivity index is 2.12. The van der Waals surface area contributed by atoms with Crippen LogP contribution < -0.4 is 5.32 Å². The highest BCUT2D eigenvalue weighted by molar-refractivity contribution is 14.1. The van der Waals surface area contributed by atoms with Gasteiger partial charge in [-0.1, -0.05) is 0 Å². The zero-order valence-electron chi connectivity index (χ0n) is 10.4. The van der Waals surface area contributed by atoms with Crippen molar-refractivity contribution in [1.82, 2.24) is 20.1 Å². The van der Waals surface area contributed by atoms with Gasteiger partial charge in [0.25, 0.3) is 11.6 Å². The normalized spacial score (nSPS) is 10.3. The van der Waals surface area contributed by atoms with Crippen LogP contribution >= 0.6 is 22.6 Å². The summed E-state index contributed by atoms with van der Waals surface area (Å²) in [7, 11) is 1.72. The number of nitro groups is 1. The van der Waals surface area contributed by atoms with Crippen LogP contribution in [0, 0.1) is 13.7 Å². The van der Waals surface area contributed by atoms with Crippen LogP contribution in [0.15, 0.2) is 24.5 Å². The standard InChI is InChI=1S/C11H10IN5O3/c1-16-6-14-10(15-16)5-13-11(18)8-4-7(17(19)20)2-3-9(8)12/h2-4,6H,5H2,1H3,(H,13,18). The van der Waals surface area contributed by atoms with Gasteiger partial charge in [0, 0.05) is 22.8 Å². The first-order chi connectivity index (χ1) is 9.47. The molecule has 9 heteroatoms. The predicted octanol–water partition coefficient (Wildman–Crippen LogP) is 1.26. The molecular weight excluding hydrogens is 377 g/mol. The summed E-state index contributed by atoms with van der Waals surface area (Å²) >= 11 is 1.96. The first kappa shape index (κ1) is 14.4. The van der Waals surface area contributed by atoms with Gasteiger partial charge < -0.3 is 5.32 Å². The minimum Gasteiger partial charge on any atom is -0.345 e. The van der Waals surface area contributed by atoms with Gasteiger partial charge in [-0.05, 0) is 28.7 Å². The fourth-order valence-corrected chi connectivity index (χ4v) is 2.10. The summed E-state index contributed by atoms with van der Waals surface area (Å²) < 4.78 is 2.16. The highest BCUT2D eigenvalue weighted by Gasteiger charge is 2.15. The SMILES string of the molecule is Cn1cnc(CNC(=O)c2cc([N+](=O)[O-])ccc2I)n1. The van der Waals surface area contributed by atoms with Gasteiger partial charge in [0.2, 0.25) is 0 Å². The summed E-state index contributed by atoms with van der Waals surface area (Å²) in [6, 6.07) is 4.15. The molecule has 0 bridgehead atoms. The van der Waals surface area contributed by atoms with Crippen LogP contribution in [-0.2, 0) is 13.6 Å². The Labute approximate surface area is 127 Å². The lowest BCUT2D eigenvalue weighted by molar-refractivity contribution is -0.384. The summed E-state index contributed by atoms with van der Waals surface area (Å²) in [5.41, 5.74) is 0.141. The molecular formula is C11H10IN5O3. The largest absolute Gasteiger partial charge is 0.345 e. The maximum absolute atomic E-state index is 12.0. The van der Waals surface area contributed by atoms with Crippen molar-refractivity contribution in [3.63, 3.8) is 0 Å². The van der Waals surface area contributed by atoms with E-state index in [1.807, 2.05) is 22.6 Å². The van der Waals surface area contributed by atoms with Gasteiger partial charge in [-0.2, -0.15) is 5.10 Å². The fourth-order valence-electron chi connectivity index (χ4n) is 1.52. The van der Waals surface area contributed by atoms with Crippen molar-refractivity contribution >= 4 is 34.2 Å². The molecule has 0 aliphatic heterocycles. The smallest absolute Gasteiger partial charge is 0.270 e. The molecule has 1 N–H and O–H groups in total. The van der Waals surface area contributed by atoms with Gasteiger partial charge >= 0.3 is 0 Å². The maximum atomic E-state index is 12.0. The van der Waals surface area contributed by atoms with Crippen molar-refractivity contribution in [2.45, 2.75) is 6.54 Å². The Morgan fingerprint density at radius 2 is 2.30 bits per heavy atom. The van der Waals surface area contributed by atoms with E-state index in [0.29, 0.717) is 9.39 Å². The second-order valence-electron chi connectivity index (χ2n) is 3.94. The number of rotatable bonds is 4. The number of carbonyl (C=O) groups excluding carboxylic acids is 1. The predicted molar refractivity (Wildman–Crippen MR) is 78.0 cm³/mol. The van der Waals surface area contributed by atoms with Crippen LogP contribution in [0.1, 0.15) is 16.2 Å². The second kappa shape index (κ2) is 5.94. The third-order valence-electron chi connectivity index (χ3n) is 2.46. The number of amides is 1. The Morgan fingerprint density at radius 3 is 2.90 bits per heavy atom. The van der Waals surface area contributed by atoms with Crippen LogP contribution in [-0.4, -0.2) is 25.6 Å². The maximum Gasteiger partial charge on any atom is 0.270 e. The molecule has 2 rings (SSSR count). The number of halogens is 1. The lowest BCUT2D eigenvalue weighted by Gasteiger charge is -2.05. The number of benzene rings is 1. The molecule has 0 atom stereocenters. The number of nitrogens with one attached hydrogen (secondary N) is 1. The van der Waals surface area contributed by atoms with E-state index in [1.54, 1.807) is 7.05 Å². The minimum atomic E-state index is -0.535. The molecule has 1 amide bonds. The van der Waals surface area contributed by atoms with Crippen molar-refractivity contribution < 1.29 is 9.72 Å².